The number of nitrogens with zero attached hydrogens (tertiary/aromatic N) is 2. The Bertz CT molecular complexity index is 886. The average molecular weight is 407 g/mol. The van der Waals surface area contributed by atoms with Crippen molar-refractivity contribution in [3.05, 3.63) is 52.0 Å². The zero-order chi connectivity index (χ0) is 21.0. The molecule has 0 radical (unpaired) electrons. The monoisotopic (exact) mass is 407 g/mol. The second-order valence-electron chi connectivity index (χ2n) is 6.59. The van der Waals surface area contributed by atoms with E-state index >= 15 is 0 Å². The summed E-state index contributed by atoms with van der Waals surface area (Å²) in [4.78, 5) is 20.6. The summed E-state index contributed by atoms with van der Waals surface area (Å²) in [6.07, 6.45) is -3.32. The van der Waals surface area contributed by atoms with Gasteiger partial charge in [0.1, 0.15) is 11.6 Å². The number of methoxy groups -OCH3 is 1. The van der Waals surface area contributed by atoms with E-state index in [2.05, 4.69) is 15.3 Å². The van der Waals surface area contributed by atoms with Crippen molar-refractivity contribution in [3.8, 4) is 0 Å². The Labute approximate surface area is 167 Å². The lowest BCUT2D eigenvalue weighted by molar-refractivity contribution is -0.139. The van der Waals surface area contributed by atoms with Crippen LogP contribution in [0.1, 0.15) is 46.5 Å². The number of esters is 1. The number of alkyl halides is 2. The van der Waals surface area contributed by atoms with Crippen molar-refractivity contribution in [2.24, 2.45) is 0 Å². The molecule has 1 saturated heterocycles. The molecule has 1 aromatic heterocycles. The number of halogens is 2. The van der Waals surface area contributed by atoms with Crippen molar-refractivity contribution in [2.45, 2.75) is 39.5 Å². The molecule has 1 fully saturated rings. The number of aromatic nitrogens is 2. The Hall–Kier alpha value is -2.65. The number of carbonyl (C=O) groups excluding carboxylic acids is 1. The molecule has 156 valence electrons. The van der Waals surface area contributed by atoms with Gasteiger partial charge in [0.25, 0.3) is 6.43 Å². The van der Waals surface area contributed by atoms with E-state index in [1.807, 2.05) is 0 Å². The average Bonchev–Trinajstić information content (AvgIpc) is 3.20. The van der Waals surface area contributed by atoms with E-state index in [0.29, 0.717) is 47.2 Å². The number of carbonyl (C=O) groups is 1. The molecule has 0 spiro atoms. The summed E-state index contributed by atoms with van der Waals surface area (Å²) in [5.41, 5.74) is 2.19. The standard InChI is InChI=1S/C20H23F2N3O4/c1-11-13(5-4-6-14(11)18(21)22)10-23-19-17(20-28-7-8-29-20)15(9-16(26)27-3)24-12(2)25-19/h4-6,18,20H,7-10H2,1-3H3,(H,23,24,25). The summed E-state index contributed by atoms with van der Waals surface area (Å²) in [6, 6.07) is 4.79. The fraction of sp³-hybridized carbons (Fsp3) is 0.450. The van der Waals surface area contributed by atoms with E-state index in [-0.39, 0.29) is 18.5 Å². The van der Waals surface area contributed by atoms with Crippen LogP contribution in [-0.4, -0.2) is 36.3 Å². The molecule has 3 rings (SSSR count). The molecule has 1 N–H and O–H groups in total. The highest BCUT2D eigenvalue weighted by molar-refractivity contribution is 5.73. The lowest BCUT2D eigenvalue weighted by Crippen LogP contribution is -2.17. The van der Waals surface area contributed by atoms with E-state index < -0.39 is 18.7 Å². The van der Waals surface area contributed by atoms with Crippen molar-refractivity contribution in [1.29, 1.82) is 0 Å². The maximum absolute atomic E-state index is 13.2. The number of aryl methyl sites for hydroxylation is 1. The molecule has 0 saturated carbocycles. The fourth-order valence-corrected chi connectivity index (χ4v) is 3.20. The SMILES string of the molecule is COC(=O)Cc1nc(C)nc(NCc2cccc(C(F)F)c2C)c1C1OCCO1. The minimum atomic E-state index is -2.54. The fourth-order valence-electron chi connectivity index (χ4n) is 3.20. The quantitative estimate of drug-likeness (QED) is 0.705. The lowest BCUT2D eigenvalue weighted by atomic mass is 10.0. The Balaban J connectivity index is 1.94. The van der Waals surface area contributed by atoms with Crippen LogP contribution >= 0.6 is 0 Å². The van der Waals surface area contributed by atoms with Gasteiger partial charge in [-0.05, 0) is 25.0 Å². The van der Waals surface area contributed by atoms with E-state index in [0.717, 1.165) is 0 Å². The first kappa shape index (κ1) is 21.1. The Kier molecular flexibility index (Phi) is 6.71. The molecule has 29 heavy (non-hydrogen) atoms. The van der Waals surface area contributed by atoms with Crippen molar-refractivity contribution in [3.63, 3.8) is 0 Å². The van der Waals surface area contributed by atoms with Gasteiger partial charge in [-0.1, -0.05) is 18.2 Å². The summed E-state index contributed by atoms with van der Waals surface area (Å²) >= 11 is 0. The third kappa shape index (κ3) is 4.86. The molecule has 0 amide bonds. The van der Waals surface area contributed by atoms with Crippen molar-refractivity contribution in [2.75, 3.05) is 25.6 Å². The van der Waals surface area contributed by atoms with Gasteiger partial charge in [0.15, 0.2) is 6.29 Å². The number of nitrogens with one attached hydrogen (secondary N) is 1. The lowest BCUT2D eigenvalue weighted by Gasteiger charge is -2.19. The maximum Gasteiger partial charge on any atom is 0.311 e. The van der Waals surface area contributed by atoms with Crippen LogP contribution in [0.25, 0.3) is 0 Å². The number of anilines is 1. The third-order valence-electron chi connectivity index (χ3n) is 4.70. The minimum absolute atomic E-state index is 0.00256. The third-order valence-corrected chi connectivity index (χ3v) is 4.70. The Morgan fingerprint density at radius 3 is 2.66 bits per heavy atom. The molecule has 0 aliphatic carbocycles. The van der Waals surface area contributed by atoms with Crippen LogP contribution in [0.3, 0.4) is 0 Å². The van der Waals surface area contributed by atoms with Crippen molar-refractivity contribution < 1.29 is 27.8 Å². The van der Waals surface area contributed by atoms with Gasteiger partial charge < -0.3 is 19.5 Å². The molecule has 0 unspecified atom stereocenters. The van der Waals surface area contributed by atoms with Crippen molar-refractivity contribution in [1.82, 2.24) is 9.97 Å². The second-order valence-corrected chi connectivity index (χ2v) is 6.59. The molecule has 1 aliphatic heterocycles. The van der Waals surface area contributed by atoms with Gasteiger partial charge in [-0.25, -0.2) is 18.7 Å². The van der Waals surface area contributed by atoms with Crippen LogP contribution in [0.15, 0.2) is 18.2 Å². The van der Waals surface area contributed by atoms with E-state index in [9.17, 15) is 13.6 Å². The summed E-state index contributed by atoms with van der Waals surface area (Å²) < 4.78 is 42.3. The summed E-state index contributed by atoms with van der Waals surface area (Å²) in [6.45, 7) is 4.45. The van der Waals surface area contributed by atoms with Crippen LogP contribution in [0.5, 0.6) is 0 Å². The highest BCUT2D eigenvalue weighted by Gasteiger charge is 2.28. The van der Waals surface area contributed by atoms with Gasteiger partial charge in [0.05, 0.1) is 38.0 Å². The van der Waals surface area contributed by atoms with Crippen LogP contribution < -0.4 is 5.32 Å². The summed E-state index contributed by atoms with van der Waals surface area (Å²) in [7, 11) is 1.30. The largest absolute Gasteiger partial charge is 0.469 e. The van der Waals surface area contributed by atoms with Crippen LogP contribution in [0.4, 0.5) is 14.6 Å². The molecular formula is C20H23F2N3O4. The van der Waals surface area contributed by atoms with Gasteiger partial charge in [-0.3, -0.25) is 4.79 Å². The van der Waals surface area contributed by atoms with Crippen LogP contribution in [0.2, 0.25) is 0 Å². The highest BCUT2D eigenvalue weighted by Crippen LogP contribution is 2.32. The van der Waals surface area contributed by atoms with E-state index in [1.165, 1.54) is 13.2 Å². The smallest absolute Gasteiger partial charge is 0.311 e. The number of hydrogen-bond acceptors (Lipinski definition) is 7. The van der Waals surface area contributed by atoms with Gasteiger partial charge in [0, 0.05) is 12.1 Å². The predicted molar refractivity (Wildman–Crippen MR) is 101 cm³/mol. The number of hydrogen-bond donors (Lipinski definition) is 1. The van der Waals surface area contributed by atoms with Crippen LogP contribution in [-0.2, 0) is 32.0 Å². The molecular weight excluding hydrogens is 384 g/mol. The minimum Gasteiger partial charge on any atom is -0.469 e. The highest BCUT2D eigenvalue weighted by atomic mass is 19.3. The number of benzene rings is 1. The van der Waals surface area contributed by atoms with E-state index in [1.54, 1.807) is 26.0 Å². The zero-order valence-electron chi connectivity index (χ0n) is 16.5. The molecule has 0 atom stereocenters. The first-order valence-electron chi connectivity index (χ1n) is 9.18. The molecule has 2 heterocycles. The summed E-state index contributed by atoms with van der Waals surface area (Å²) in [5.74, 6) is 0.435. The van der Waals surface area contributed by atoms with Gasteiger partial charge in [-0.2, -0.15) is 0 Å². The molecule has 2 aromatic rings. The zero-order valence-corrected chi connectivity index (χ0v) is 16.5. The maximum atomic E-state index is 13.2. The van der Waals surface area contributed by atoms with Crippen molar-refractivity contribution >= 4 is 11.8 Å². The number of ether oxygens (including phenoxy) is 3. The Morgan fingerprint density at radius 2 is 2.00 bits per heavy atom. The van der Waals surface area contributed by atoms with Gasteiger partial charge >= 0.3 is 5.97 Å². The van der Waals surface area contributed by atoms with Crippen LogP contribution in [0, 0.1) is 13.8 Å². The summed E-state index contributed by atoms with van der Waals surface area (Å²) in [5, 5.41) is 3.18. The second kappa shape index (κ2) is 9.23. The topological polar surface area (TPSA) is 82.6 Å². The first-order chi connectivity index (χ1) is 13.9. The van der Waals surface area contributed by atoms with Gasteiger partial charge in [0.2, 0.25) is 0 Å². The molecule has 1 aliphatic rings. The Morgan fingerprint density at radius 1 is 1.28 bits per heavy atom. The normalized spacial score (nSPS) is 14.4. The van der Waals surface area contributed by atoms with Gasteiger partial charge in [-0.15, -0.1) is 0 Å². The first-order valence-corrected chi connectivity index (χ1v) is 9.18. The molecule has 7 nitrogen and oxygen atoms in total. The molecule has 1 aromatic carbocycles. The van der Waals surface area contributed by atoms with E-state index in [4.69, 9.17) is 14.2 Å². The predicted octanol–water partition coefficient (Wildman–Crippen LogP) is 3.40. The molecule has 0 bridgehead atoms. The number of rotatable bonds is 7. The molecule has 9 heteroatoms.